The van der Waals surface area contributed by atoms with Crippen LogP contribution in [0.15, 0.2) is 29.2 Å². The lowest BCUT2D eigenvalue weighted by molar-refractivity contribution is -0.116. The fourth-order valence-electron chi connectivity index (χ4n) is 2.41. The van der Waals surface area contributed by atoms with E-state index in [0.29, 0.717) is 16.8 Å². The zero-order valence-electron chi connectivity index (χ0n) is 15.6. The molecule has 0 fully saturated rings. The number of rotatable bonds is 10. The number of anilines is 1. The van der Waals surface area contributed by atoms with E-state index < -0.39 is 10.0 Å². The predicted octanol–water partition coefficient (Wildman–Crippen LogP) is 2.76. The SMILES string of the molecule is CCC(CC)c1nnc(NC(=O)CCNS(=O)(=O)c2ccc(OC)cc2)s1. The lowest BCUT2D eigenvalue weighted by Crippen LogP contribution is -2.27. The van der Waals surface area contributed by atoms with Crippen LogP contribution in [0, 0.1) is 0 Å². The molecule has 0 saturated carbocycles. The van der Waals surface area contributed by atoms with Gasteiger partial charge in [-0.1, -0.05) is 25.2 Å². The molecule has 0 aliphatic heterocycles. The number of carbonyl (C=O) groups excluding carboxylic acids is 1. The van der Waals surface area contributed by atoms with Gasteiger partial charge in [0.2, 0.25) is 21.1 Å². The molecule has 2 rings (SSSR count). The molecule has 10 heteroatoms. The van der Waals surface area contributed by atoms with E-state index in [0.717, 1.165) is 17.8 Å². The van der Waals surface area contributed by atoms with E-state index in [1.165, 1.54) is 30.6 Å². The molecule has 0 unspecified atom stereocenters. The van der Waals surface area contributed by atoms with Crippen LogP contribution in [0.2, 0.25) is 0 Å². The monoisotopic (exact) mass is 412 g/mol. The molecular formula is C17H24N4O4S2. The summed E-state index contributed by atoms with van der Waals surface area (Å²) in [5.41, 5.74) is 0. The second-order valence-electron chi connectivity index (χ2n) is 5.83. The Balaban J connectivity index is 1.84. The maximum atomic E-state index is 12.2. The van der Waals surface area contributed by atoms with Crippen LogP contribution < -0.4 is 14.8 Å². The fraction of sp³-hybridized carbons (Fsp3) is 0.471. The van der Waals surface area contributed by atoms with E-state index in [2.05, 4.69) is 34.1 Å². The average Bonchev–Trinajstić information content (AvgIpc) is 3.10. The number of nitrogens with zero attached hydrogens (tertiary/aromatic N) is 2. The summed E-state index contributed by atoms with van der Waals surface area (Å²) in [7, 11) is -2.17. The van der Waals surface area contributed by atoms with E-state index in [1.807, 2.05) is 0 Å². The standard InChI is InChI=1S/C17H24N4O4S2/c1-4-12(5-2)16-20-21-17(26-16)19-15(22)10-11-18-27(23,24)14-8-6-13(25-3)7-9-14/h6-9,12,18H,4-5,10-11H2,1-3H3,(H,19,21,22). The fourth-order valence-corrected chi connectivity index (χ4v) is 4.46. The van der Waals surface area contributed by atoms with Crippen molar-refractivity contribution < 1.29 is 17.9 Å². The Bertz CT molecular complexity index is 846. The highest BCUT2D eigenvalue weighted by molar-refractivity contribution is 7.89. The summed E-state index contributed by atoms with van der Waals surface area (Å²) in [6.07, 6.45) is 1.92. The largest absolute Gasteiger partial charge is 0.497 e. The molecule has 2 aromatic rings. The molecule has 148 valence electrons. The molecule has 1 aromatic carbocycles. The Kier molecular flexibility index (Phi) is 7.69. The molecule has 0 saturated heterocycles. The van der Waals surface area contributed by atoms with Crippen molar-refractivity contribution in [1.82, 2.24) is 14.9 Å². The molecule has 0 atom stereocenters. The number of ether oxygens (including phenoxy) is 1. The van der Waals surface area contributed by atoms with Crippen LogP contribution in [0.3, 0.4) is 0 Å². The van der Waals surface area contributed by atoms with Gasteiger partial charge in [-0.3, -0.25) is 4.79 Å². The highest BCUT2D eigenvalue weighted by Crippen LogP contribution is 2.28. The Hall–Kier alpha value is -2.04. The molecular weight excluding hydrogens is 388 g/mol. The third-order valence-electron chi connectivity index (χ3n) is 4.04. The van der Waals surface area contributed by atoms with Crippen molar-refractivity contribution in [3.8, 4) is 5.75 Å². The number of hydrogen-bond acceptors (Lipinski definition) is 7. The van der Waals surface area contributed by atoms with Crippen molar-refractivity contribution in [1.29, 1.82) is 0 Å². The van der Waals surface area contributed by atoms with Gasteiger partial charge in [0, 0.05) is 18.9 Å². The smallest absolute Gasteiger partial charge is 0.240 e. The van der Waals surface area contributed by atoms with Crippen LogP contribution in [0.25, 0.3) is 0 Å². The summed E-state index contributed by atoms with van der Waals surface area (Å²) >= 11 is 1.35. The van der Waals surface area contributed by atoms with Crippen LogP contribution in [-0.2, 0) is 14.8 Å². The second kappa shape index (κ2) is 9.77. The number of nitrogens with one attached hydrogen (secondary N) is 2. The van der Waals surface area contributed by atoms with Crippen molar-refractivity contribution in [3.63, 3.8) is 0 Å². The zero-order chi connectivity index (χ0) is 19.9. The van der Waals surface area contributed by atoms with Crippen LogP contribution in [0.4, 0.5) is 5.13 Å². The van der Waals surface area contributed by atoms with Crippen molar-refractivity contribution in [2.24, 2.45) is 0 Å². The summed E-state index contributed by atoms with van der Waals surface area (Å²) in [6, 6.07) is 6.02. The molecule has 1 heterocycles. The van der Waals surface area contributed by atoms with Gasteiger partial charge in [-0.25, -0.2) is 13.1 Å². The number of methoxy groups -OCH3 is 1. The summed E-state index contributed by atoms with van der Waals surface area (Å²) in [6.45, 7) is 4.16. The Morgan fingerprint density at radius 2 is 1.85 bits per heavy atom. The Morgan fingerprint density at radius 3 is 2.44 bits per heavy atom. The maximum Gasteiger partial charge on any atom is 0.240 e. The van der Waals surface area contributed by atoms with Crippen LogP contribution in [0.5, 0.6) is 5.75 Å². The Labute approximate surface area is 163 Å². The van der Waals surface area contributed by atoms with Crippen LogP contribution in [-0.4, -0.2) is 38.2 Å². The minimum atomic E-state index is -3.68. The lowest BCUT2D eigenvalue weighted by atomic mass is 10.1. The summed E-state index contributed by atoms with van der Waals surface area (Å²) in [5, 5.41) is 12.1. The van der Waals surface area contributed by atoms with E-state index in [-0.39, 0.29) is 23.8 Å². The summed E-state index contributed by atoms with van der Waals surface area (Å²) in [4.78, 5) is 12.1. The van der Waals surface area contributed by atoms with Gasteiger partial charge in [0.05, 0.1) is 12.0 Å². The van der Waals surface area contributed by atoms with E-state index >= 15 is 0 Å². The molecule has 0 spiro atoms. The summed E-state index contributed by atoms with van der Waals surface area (Å²) in [5.74, 6) is 0.585. The first-order chi connectivity index (χ1) is 12.9. The maximum absolute atomic E-state index is 12.2. The first-order valence-electron chi connectivity index (χ1n) is 8.66. The van der Waals surface area contributed by atoms with Gasteiger partial charge in [0.25, 0.3) is 0 Å². The molecule has 0 radical (unpaired) electrons. The van der Waals surface area contributed by atoms with Gasteiger partial charge in [0.1, 0.15) is 10.8 Å². The Morgan fingerprint density at radius 1 is 1.19 bits per heavy atom. The lowest BCUT2D eigenvalue weighted by Gasteiger charge is -2.07. The van der Waals surface area contributed by atoms with Gasteiger partial charge >= 0.3 is 0 Å². The molecule has 27 heavy (non-hydrogen) atoms. The van der Waals surface area contributed by atoms with Crippen molar-refractivity contribution in [2.75, 3.05) is 19.0 Å². The van der Waals surface area contributed by atoms with Crippen molar-refractivity contribution in [3.05, 3.63) is 29.3 Å². The molecule has 2 N–H and O–H groups in total. The topological polar surface area (TPSA) is 110 Å². The first kappa shape index (κ1) is 21.3. The van der Waals surface area contributed by atoms with Gasteiger partial charge in [0.15, 0.2) is 0 Å². The highest BCUT2D eigenvalue weighted by atomic mass is 32.2. The molecule has 1 aromatic heterocycles. The number of aromatic nitrogens is 2. The van der Waals surface area contributed by atoms with Gasteiger partial charge in [-0.2, -0.15) is 0 Å². The first-order valence-corrected chi connectivity index (χ1v) is 11.0. The molecule has 1 amide bonds. The number of sulfonamides is 1. The van der Waals surface area contributed by atoms with E-state index in [4.69, 9.17) is 4.74 Å². The second-order valence-corrected chi connectivity index (χ2v) is 8.61. The average molecular weight is 413 g/mol. The number of amides is 1. The van der Waals surface area contributed by atoms with Crippen molar-refractivity contribution in [2.45, 2.75) is 43.9 Å². The number of carbonyl (C=O) groups is 1. The van der Waals surface area contributed by atoms with E-state index in [9.17, 15) is 13.2 Å². The third-order valence-corrected chi connectivity index (χ3v) is 6.51. The van der Waals surface area contributed by atoms with Gasteiger partial charge in [-0.05, 0) is 37.1 Å². The zero-order valence-corrected chi connectivity index (χ0v) is 17.2. The van der Waals surface area contributed by atoms with E-state index in [1.54, 1.807) is 12.1 Å². The highest BCUT2D eigenvalue weighted by Gasteiger charge is 2.16. The predicted molar refractivity (Wildman–Crippen MR) is 105 cm³/mol. The van der Waals surface area contributed by atoms with Crippen LogP contribution in [0.1, 0.15) is 44.0 Å². The molecule has 0 aliphatic rings. The van der Waals surface area contributed by atoms with Crippen LogP contribution >= 0.6 is 11.3 Å². The molecule has 0 aliphatic carbocycles. The van der Waals surface area contributed by atoms with Gasteiger partial charge in [-0.15, -0.1) is 10.2 Å². The minimum absolute atomic E-state index is 0.00468. The number of benzene rings is 1. The molecule has 8 nitrogen and oxygen atoms in total. The molecule has 0 bridgehead atoms. The number of hydrogen-bond donors (Lipinski definition) is 2. The normalized spacial score (nSPS) is 11.6. The summed E-state index contributed by atoms with van der Waals surface area (Å²) < 4.78 is 31.8. The third kappa shape index (κ3) is 5.98. The van der Waals surface area contributed by atoms with Crippen molar-refractivity contribution >= 4 is 32.4 Å². The van der Waals surface area contributed by atoms with Gasteiger partial charge < -0.3 is 10.1 Å². The minimum Gasteiger partial charge on any atom is -0.497 e. The quantitative estimate of drug-likeness (QED) is 0.621.